The minimum Gasteiger partial charge on any atom is -0.497 e. The van der Waals surface area contributed by atoms with E-state index >= 15 is 0 Å². The van der Waals surface area contributed by atoms with Gasteiger partial charge in [-0.3, -0.25) is 9.10 Å². The van der Waals surface area contributed by atoms with E-state index in [1.54, 1.807) is 26.2 Å². The molecule has 1 amide bonds. The summed E-state index contributed by atoms with van der Waals surface area (Å²) < 4.78 is 30.9. The molecular formula is C20H26N2O4S. The van der Waals surface area contributed by atoms with Gasteiger partial charge >= 0.3 is 0 Å². The zero-order chi connectivity index (χ0) is 20.0. The number of carbonyl (C=O) groups excluding carboxylic acids is 1. The number of hydrogen-bond donors (Lipinski definition) is 1. The van der Waals surface area contributed by atoms with E-state index in [9.17, 15) is 13.2 Å². The van der Waals surface area contributed by atoms with Crippen LogP contribution in [0.3, 0.4) is 0 Å². The van der Waals surface area contributed by atoms with Gasteiger partial charge in [-0.1, -0.05) is 31.2 Å². The summed E-state index contributed by atoms with van der Waals surface area (Å²) in [6, 6.07) is 13.6. The first kappa shape index (κ1) is 20.8. The second kappa shape index (κ2) is 8.90. The van der Waals surface area contributed by atoms with Crippen molar-refractivity contribution >= 4 is 21.6 Å². The molecular weight excluding hydrogens is 364 g/mol. The van der Waals surface area contributed by atoms with Crippen molar-refractivity contribution in [2.45, 2.75) is 32.9 Å². The fraction of sp³-hybridized carbons (Fsp3) is 0.350. The number of aryl methyl sites for hydroxylation is 1. The average molecular weight is 391 g/mol. The molecule has 1 unspecified atom stereocenters. The lowest BCUT2D eigenvalue weighted by atomic mass is 10.1. The molecule has 0 radical (unpaired) electrons. The van der Waals surface area contributed by atoms with Gasteiger partial charge in [0.1, 0.15) is 11.8 Å². The van der Waals surface area contributed by atoms with E-state index in [1.807, 2.05) is 43.3 Å². The molecule has 0 bridgehead atoms. The van der Waals surface area contributed by atoms with E-state index in [1.165, 1.54) is 0 Å². The minimum atomic E-state index is -3.62. The normalized spacial score (nSPS) is 12.3. The van der Waals surface area contributed by atoms with Gasteiger partial charge in [-0.2, -0.15) is 0 Å². The Morgan fingerprint density at radius 1 is 1.07 bits per heavy atom. The molecule has 27 heavy (non-hydrogen) atoms. The van der Waals surface area contributed by atoms with Gasteiger partial charge in [0, 0.05) is 6.54 Å². The number of anilines is 1. The van der Waals surface area contributed by atoms with E-state index in [2.05, 4.69) is 5.32 Å². The van der Waals surface area contributed by atoms with Crippen LogP contribution in [0.25, 0.3) is 0 Å². The van der Waals surface area contributed by atoms with E-state index < -0.39 is 16.1 Å². The lowest BCUT2D eigenvalue weighted by Crippen LogP contribution is -2.47. The predicted octanol–water partition coefficient (Wildman–Crippen LogP) is 2.73. The predicted molar refractivity (Wildman–Crippen MR) is 107 cm³/mol. The lowest BCUT2D eigenvalue weighted by molar-refractivity contribution is -0.122. The maximum absolute atomic E-state index is 12.6. The lowest BCUT2D eigenvalue weighted by Gasteiger charge is -2.28. The third-order valence-electron chi connectivity index (χ3n) is 4.31. The van der Waals surface area contributed by atoms with Crippen LogP contribution >= 0.6 is 0 Å². The highest BCUT2D eigenvalue weighted by atomic mass is 32.2. The SMILES string of the molecule is CCc1ccc(N(C(C)C(=O)NCc2ccc(OC)cc2)S(C)(=O)=O)cc1. The number of rotatable bonds is 8. The van der Waals surface area contributed by atoms with E-state index in [4.69, 9.17) is 4.74 Å². The molecule has 0 aromatic heterocycles. The zero-order valence-corrected chi connectivity index (χ0v) is 16.9. The molecule has 0 aliphatic carbocycles. The van der Waals surface area contributed by atoms with Crippen molar-refractivity contribution < 1.29 is 17.9 Å². The number of amides is 1. The van der Waals surface area contributed by atoms with Gasteiger partial charge < -0.3 is 10.1 Å². The first-order chi connectivity index (χ1) is 12.8. The monoisotopic (exact) mass is 390 g/mol. The second-order valence-electron chi connectivity index (χ2n) is 6.32. The number of nitrogens with one attached hydrogen (secondary N) is 1. The largest absolute Gasteiger partial charge is 0.497 e. The molecule has 0 heterocycles. The molecule has 6 nitrogen and oxygen atoms in total. The molecule has 0 aliphatic heterocycles. The Balaban J connectivity index is 2.13. The van der Waals surface area contributed by atoms with E-state index in [-0.39, 0.29) is 5.91 Å². The van der Waals surface area contributed by atoms with Crippen molar-refractivity contribution in [2.75, 3.05) is 17.7 Å². The summed E-state index contributed by atoms with van der Waals surface area (Å²) in [6.45, 7) is 3.91. The molecule has 0 saturated carbocycles. The number of carbonyl (C=O) groups is 1. The van der Waals surface area contributed by atoms with Crippen LogP contribution in [0.15, 0.2) is 48.5 Å². The molecule has 146 valence electrons. The van der Waals surface area contributed by atoms with E-state index in [0.717, 1.165) is 33.9 Å². The van der Waals surface area contributed by atoms with Crippen LogP contribution < -0.4 is 14.4 Å². The summed E-state index contributed by atoms with van der Waals surface area (Å²) in [6.07, 6.45) is 1.96. The number of benzene rings is 2. The van der Waals surface area contributed by atoms with Crippen molar-refractivity contribution in [3.05, 3.63) is 59.7 Å². The van der Waals surface area contributed by atoms with Crippen LogP contribution in [0.1, 0.15) is 25.0 Å². The Bertz CT molecular complexity index is 862. The van der Waals surface area contributed by atoms with Crippen LogP contribution in [-0.4, -0.2) is 33.7 Å². The zero-order valence-electron chi connectivity index (χ0n) is 16.1. The highest BCUT2D eigenvalue weighted by Gasteiger charge is 2.28. The molecule has 2 aromatic carbocycles. The molecule has 7 heteroatoms. The Hall–Kier alpha value is -2.54. The third-order valence-corrected chi connectivity index (χ3v) is 5.56. The van der Waals surface area contributed by atoms with Gasteiger partial charge in [0.05, 0.1) is 19.1 Å². The van der Waals surface area contributed by atoms with Crippen molar-refractivity contribution in [3.63, 3.8) is 0 Å². The first-order valence-corrected chi connectivity index (χ1v) is 10.6. The average Bonchev–Trinajstić information content (AvgIpc) is 2.66. The number of nitrogens with zero attached hydrogens (tertiary/aromatic N) is 1. The molecule has 0 spiro atoms. The summed E-state index contributed by atoms with van der Waals surface area (Å²) in [4.78, 5) is 12.6. The molecule has 0 saturated heterocycles. The summed E-state index contributed by atoms with van der Waals surface area (Å²) in [5, 5.41) is 2.80. The van der Waals surface area contributed by atoms with Gasteiger partial charge in [-0.25, -0.2) is 8.42 Å². The molecule has 1 atom stereocenters. The molecule has 0 aliphatic rings. The van der Waals surface area contributed by atoms with Gasteiger partial charge in [0.15, 0.2) is 0 Å². The number of ether oxygens (including phenoxy) is 1. The Kier molecular flexibility index (Phi) is 6.85. The minimum absolute atomic E-state index is 0.305. The summed E-state index contributed by atoms with van der Waals surface area (Å²) in [5.74, 6) is 0.369. The Morgan fingerprint density at radius 3 is 2.11 bits per heavy atom. The van der Waals surface area contributed by atoms with Crippen molar-refractivity contribution in [2.24, 2.45) is 0 Å². The van der Waals surface area contributed by atoms with Gasteiger partial charge in [-0.15, -0.1) is 0 Å². The maximum atomic E-state index is 12.6. The van der Waals surface area contributed by atoms with Crippen LogP contribution in [-0.2, 0) is 27.8 Å². The third kappa shape index (κ3) is 5.47. The molecule has 2 aromatic rings. The summed E-state index contributed by atoms with van der Waals surface area (Å²) >= 11 is 0. The standard InChI is InChI=1S/C20H26N2O4S/c1-5-16-6-10-18(11-7-16)22(27(4,24)25)15(2)20(23)21-14-17-8-12-19(26-3)13-9-17/h6-13,15H,5,14H2,1-4H3,(H,21,23). The highest BCUT2D eigenvalue weighted by molar-refractivity contribution is 7.92. The van der Waals surface area contributed by atoms with Crippen LogP contribution in [0.4, 0.5) is 5.69 Å². The van der Waals surface area contributed by atoms with Crippen molar-refractivity contribution in [1.82, 2.24) is 5.32 Å². The van der Waals surface area contributed by atoms with Gasteiger partial charge in [0.25, 0.3) is 0 Å². The fourth-order valence-corrected chi connectivity index (χ4v) is 3.94. The topological polar surface area (TPSA) is 75.7 Å². The van der Waals surface area contributed by atoms with Crippen molar-refractivity contribution in [1.29, 1.82) is 0 Å². The Labute approximate surface area is 161 Å². The quantitative estimate of drug-likeness (QED) is 0.752. The second-order valence-corrected chi connectivity index (χ2v) is 8.18. The number of sulfonamides is 1. The summed E-state index contributed by atoms with van der Waals surface area (Å²) in [5.41, 5.74) is 2.47. The van der Waals surface area contributed by atoms with Gasteiger partial charge in [0.2, 0.25) is 15.9 Å². The van der Waals surface area contributed by atoms with Crippen LogP contribution in [0.2, 0.25) is 0 Å². The first-order valence-electron chi connectivity index (χ1n) is 8.75. The summed E-state index contributed by atoms with van der Waals surface area (Å²) in [7, 11) is -2.03. The smallest absolute Gasteiger partial charge is 0.243 e. The van der Waals surface area contributed by atoms with Crippen LogP contribution in [0.5, 0.6) is 5.75 Å². The number of hydrogen-bond acceptors (Lipinski definition) is 4. The maximum Gasteiger partial charge on any atom is 0.243 e. The molecule has 0 fully saturated rings. The molecule has 1 N–H and O–H groups in total. The van der Waals surface area contributed by atoms with Crippen molar-refractivity contribution in [3.8, 4) is 5.75 Å². The van der Waals surface area contributed by atoms with E-state index in [0.29, 0.717) is 12.2 Å². The highest BCUT2D eigenvalue weighted by Crippen LogP contribution is 2.22. The fourth-order valence-electron chi connectivity index (χ4n) is 2.77. The Morgan fingerprint density at radius 2 is 1.63 bits per heavy atom. The molecule has 2 rings (SSSR count). The van der Waals surface area contributed by atoms with Gasteiger partial charge in [-0.05, 0) is 48.7 Å². The number of methoxy groups -OCH3 is 1. The van der Waals surface area contributed by atoms with Crippen LogP contribution in [0, 0.1) is 0 Å².